The summed E-state index contributed by atoms with van der Waals surface area (Å²) in [6, 6.07) is 0. The fraction of sp³-hybridized carbons (Fsp3) is 0.946. The maximum absolute atomic E-state index is 13.1. The van der Waals surface area contributed by atoms with Gasteiger partial charge in [0.2, 0.25) is 0 Å². The molecule has 7 atom stereocenters. The highest BCUT2D eigenvalue weighted by Gasteiger charge is 2.30. The summed E-state index contributed by atoms with van der Waals surface area (Å²) in [5.74, 6) is 0.948. The summed E-state index contributed by atoms with van der Waals surface area (Å²) in [6.45, 7) is 14.2. The molecule has 0 spiro atoms. The SMILES string of the molecule is CCC(C)CCCCCCCCCCCCCCCCC(=O)O[C@H](COC(=O)CCCCCCCCCCCC(C)C)COP(=O)(O)OC[C@@H](O)COP(=O)(O)OC[C@@H](COC(=O)CCCCCCCCC(C)CC)OC(=O)CCCCCCCCCCCCC(C)C. The summed E-state index contributed by atoms with van der Waals surface area (Å²) < 4.78 is 68.4. The Morgan fingerprint density at radius 3 is 0.763 bits per heavy atom. The van der Waals surface area contributed by atoms with Crippen LogP contribution >= 0.6 is 15.6 Å². The van der Waals surface area contributed by atoms with Crippen LogP contribution in [0.5, 0.6) is 0 Å². The van der Waals surface area contributed by atoms with Gasteiger partial charge in [-0.3, -0.25) is 37.3 Å². The summed E-state index contributed by atoms with van der Waals surface area (Å²) in [5.41, 5.74) is 0. The number of aliphatic hydroxyl groups excluding tert-OH is 1. The van der Waals surface area contributed by atoms with Crippen molar-refractivity contribution in [2.75, 3.05) is 39.6 Å². The van der Waals surface area contributed by atoms with E-state index >= 15 is 0 Å². The average molecular weight is 1370 g/mol. The molecule has 3 N–H and O–H groups in total. The molecule has 0 amide bonds. The highest BCUT2D eigenvalue weighted by atomic mass is 31.2. The van der Waals surface area contributed by atoms with E-state index in [1.165, 1.54) is 167 Å². The number of carbonyl (C=O) groups excluding carboxylic acids is 4. The molecule has 19 heteroatoms. The van der Waals surface area contributed by atoms with Crippen LogP contribution in [0.25, 0.3) is 0 Å². The summed E-state index contributed by atoms with van der Waals surface area (Å²) in [5, 5.41) is 10.6. The molecule has 0 aliphatic carbocycles. The van der Waals surface area contributed by atoms with Crippen LogP contribution in [0.3, 0.4) is 0 Å². The lowest BCUT2D eigenvalue weighted by Gasteiger charge is -2.21. The molecule has 17 nitrogen and oxygen atoms in total. The van der Waals surface area contributed by atoms with Crippen molar-refractivity contribution in [3.8, 4) is 0 Å². The molecule has 552 valence electrons. The van der Waals surface area contributed by atoms with Crippen LogP contribution in [0.2, 0.25) is 0 Å². The van der Waals surface area contributed by atoms with Crippen molar-refractivity contribution in [2.45, 2.75) is 388 Å². The summed E-state index contributed by atoms with van der Waals surface area (Å²) in [6.07, 6.45) is 47.1. The third kappa shape index (κ3) is 65.8. The Morgan fingerprint density at radius 2 is 0.516 bits per heavy atom. The number of rotatable bonds is 71. The van der Waals surface area contributed by atoms with Crippen LogP contribution in [0, 0.1) is 23.7 Å². The number of phosphoric acid groups is 2. The number of aliphatic hydroxyl groups is 1. The summed E-state index contributed by atoms with van der Waals surface area (Å²) in [7, 11) is -9.91. The molecule has 0 saturated carbocycles. The van der Waals surface area contributed by atoms with Crippen molar-refractivity contribution in [1.82, 2.24) is 0 Å². The smallest absolute Gasteiger partial charge is 0.462 e. The van der Waals surface area contributed by atoms with Crippen LogP contribution in [-0.2, 0) is 65.4 Å². The van der Waals surface area contributed by atoms with E-state index in [1.807, 2.05) is 0 Å². The molecule has 0 rings (SSSR count). The van der Waals surface area contributed by atoms with Gasteiger partial charge in [0.1, 0.15) is 19.3 Å². The van der Waals surface area contributed by atoms with E-state index in [1.54, 1.807) is 0 Å². The molecule has 93 heavy (non-hydrogen) atoms. The van der Waals surface area contributed by atoms with Gasteiger partial charge in [-0.05, 0) is 49.4 Å². The van der Waals surface area contributed by atoms with Crippen LogP contribution in [0.4, 0.5) is 0 Å². The van der Waals surface area contributed by atoms with E-state index in [-0.39, 0.29) is 25.7 Å². The van der Waals surface area contributed by atoms with Gasteiger partial charge in [-0.25, -0.2) is 9.13 Å². The predicted molar refractivity (Wildman–Crippen MR) is 377 cm³/mol. The number of hydrogen-bond acceptors (Lipinski definition) is 15. The maximum Gasteiger partial charge on any atom is 0.472 e. The lowest BCUT2D eigenvalue weighted by molar-refractivity contribution is -0.161. The van der Waals surface area contributed by atoms with Crippen molar-refractivity contribution in [2.24, 2.45) is 23.7 Å². The molecular formula is C74H144O17P2. The van der Waals surface area contributed by atoms with Crippen LogP contribution in [-0.4, -0.2) is 96.7 Å². The molecule has 0 heterocycles. The monoisotopic (exact) mass is 1370 g/mol. The molecule has 0 aromatic heterocycles. The minimum atomic E-state index is -4.96. The topological polar surface area (TPSA) is 237 Å². The van der Waals surface area contributed by atoms with Crippen LogP contribution in [0.15, 0.2) is 0 Å². The highest BCUT2D eigenvalue weighted by Crippen LogP contribution is 2.45. The standard InChI is InChI=1S/C74H144O17P2/c1-9-66(7)52-44-36-28-22-15-13-11-12-14-16-23-30-40-48-56-73(78)90-69(60-84-71(76)54-46-38-29-25-19-21-27-35-43-51-65(5)6)62-88-92(80,81)86-58-68(75)59-87-93(82,83)89-63-70(61-85-72(77)55-47-39-33-32-37-45-53-67(8)10-2)91-74(79)57-49-41-31-24-18-17-20-26-34-42-50-64(3)4/h64-70,75H,9-63H2,1-8H3,(H,80,81)(H,82,83)/t66?,67?,68-,69-,70-/m1/s1. The molecule has 0 aliphatic rings. The van der Waals surface area contributed by atoms with Gasteiger partial charge in [0.05, 0.1) is 26.4 Å². The number of phosphoric ester groups is 2. The Balaban J connectivity index is 5.25. The first-order chi connectivity index (χ1) is 44.7. The first-order valence-electron chi connectivity index (χ1n) is 38.3. The zero-order valence-corrected chi connectivity index (χ0v) is 62.7. The number of ether oxygens (including phenoxy) is 4. The van der Waals surface area contributed by atoms with Gasteiger partial charge in [0.25, 0.3) is 0 Å². The van der Waals surface area contributed by atoms with Gasteiger partial charge in [-0.2, -0.15) is 0 Å². The van der Waals surface area contributed by atoms with E-state index in [0.717, 1.165) is 120 Å². The molecule has 0 aliphatic heterocycles. The zero-order chi connectivity index (χ0) is 68.9. The first kappa shape index (κ1) is 91.1. The van der Waals surface area contributed by atoms with Crippen LogP contribution in [0.1, 0.15) is 370 Å². The number of hydrogen-bond donors (Lipinski definition) is 3. The van der Waals surface area contributed by atoms with Gasteiger partial charge < -0.3 is 33.8 Å². The minimum Gasteiger partial charge on any atom is -0.462 e. The van der Waals surface area contributed by atoms with Gasteiger partial charge in [0.15, 0.2) is 12.2 Å². The van der Waals surface area contributed by atoms with Crippen LogP contribution < -0.4 is 0 Å². The van der Waals surface area contributed by atoms with Gasteiger partial charge >= 0.3 is 39.5 Å². The van der Waals surface area contributed by atoms with E-state index in [2.05, 4.69) is 55.4 Å². The highest BCUT2D eigenvalue weighted by molar-refractivity contribution is 7.47. The number of esters is 4. The van der Waals surface area contributed by atoms with Crippen molar-refractivity contribution >= 4 is 39.5 Å². The molecule has 0 radical (unpaired) electrons. The van der Waals surface area contributed by atoms with Gasteiger partial charge in [-0.1, -0.05) is 319 Å². The summed E-state index contributed by atoms with van der Waals surface area (Å²) in [4.78, 5) is 72.7. The van der Waals surface area contributed by atoms with E-state index in [0.29, 0.717) is 25.7 Å². The zero-order valence-electron chi connectivity index (χ0n) is 60.9. The summed E-state index contributed by atoms with van der Waals surface area (Å²) >= 11 is 0. The quantitative estimate of drug-likeness (QED) is 0.0222. The molecule has 0 bridgehead atoms. The van der Waals surface area contributed by atoms with Crippen molar-refractivity contribution in [3.05, 3.63) is 0 Å². The Labute approximate surface area is 568 Å². The molecule has 4 unspecified atom stereocenters. The number of carbonyl (C=O) groups is 4. The number of unbranched alkanes of at least 4 members (excludes halogenated alkanes) is 35. The van der Waals surface area contributed by atoms with Crippen molar-refractivity contribution < 1.29 is 80.2 Å². The Kier molecular flexibility index (Phi) is 62.2. The average Bonchev–Trinajstić information content (AvgIpc) is 3.29. The third-order valence-electron chi connectivity index (χ3n) is 17.8. The predicted octanol–water partition coefficient (Wildman–Crippen LogP) is 21.3. The largest absolute Gasteiger partial charge is 0.472 e. The first-order valence-corrected chi connectivity index (χ1v) is 41.3. The fourth-order valence-corrected chi connectivity index (χ4v) is 12.7. The van der Waals surface area contributed by atoms with Crippen molar-refractivity contribution in [3.63, 3.8) is 0 Å². The van der Waals surface area contributed by atoms with E-state index in [9.17, 15) is 43.2 Å². The van der Waals surface area contributed by atoms with Gasteiger partial charge in [0, 0.05) is 25.7 Å². The molecule has 0 saturated heterocycles. The molecular weight excluding hydrogens is 1220 g/mol. The minimum absolute atomic E-state index is 0.105. The van der Waals surface area contributed by atoms with E-state index < -0.39 is 97.5 Å². The Bertz CT molecular complexity index is 1840. The van der Waals surface area contributed by atoms with E-state index in [4.69, 9.17) is 37.0 Å². The normalized spacial score (nSPS) is 14.8. The second kappa shape index (κ2) is 63.5. The molecule has 0 aromatic rings. The van der Waals surface area contributed by atoms with Crippen molar-refractivity contribution in [1.29, 1.82) is 0 Å². The second-order valence-corrected chi connectivity index (χ2v) is 31.0. The Hall–Kier alpha value is -1.94. The second-order valence-electron chi connectivity index (χ2n) is 28.1. The lowest BCUT2D eigenvalue weighted by Crippen LogP contribution is -2.30. The third-order valence-corrected chi connectivity index (χ3v) is 19.7. The maximum atomic E-state index is 13.1. The lowest BCUT2D eigenvalue weighted by atomic mass is 9.99. The molecule has 0 aromatic carbocycles. The Morgan fingerprint density at radius 1 is 0.301 bits per heavy atom. The fourth-order valence-electron chi connectivity index (χ4n) is 11.1. The van der Waals surface area contributed by atoms with Gasteiger partial charge in [-0.15, -0.1) is 0 Å². The molecule has 0 fully saturated rings.